The van der Waals surface area contributed by atoms with E-state index < -0.39 is 0 Å². The van der Waals surface area contributed by atoms with Gasteiger partial charge in [-0.1, -0.05) is 6.08 Å². The van der Waals surface area contributed by atoms with Gasteiger partial charge in [0, 0.05) is 24.7 Å². The topological polar surface area (TPSA) is 35.5 Å². The highest BCUT2D eigenvalue weighted by atomic mass is 16.3. The minimum absolute atomic E-state index is 0.181. The molecule has 0 bridgehead atoms. The second kappa shape index (κ2) is 7.82. The second-order valence-corrected chi connectivity index (χ2v) is 5.32. The third-order valence-corrected chi connectivity index (χ3v) is 2.59. The minimum Gasteiger partial charge on any atom is -0.395 e. The molecule has 0 aliphatic rings. The van der Waals surface area contributed by atoms with E-state index in [1.165, 1.54) is 0 Å². The lowest BCUT2D eigenvalue weighted by molar-refractivity contribution is 0.164. The fourth-order valence-corrected chi connectivity index (χ4v) is 1.62. The molecule has 0 fully saturated rings. The van der Waals surface area contributed by atoms with E-state index in [-0.39, 0.29) is 12.1 Å². The molecule has 0 aromatic rings. The highest BCUT2D eigenvalue weighted by Gasteiger charge is 2.13. The molecule has 0 saturated carbocycles. The van der Waals surface area contributed by atoms with Crippen LogP contribution in [0.3, 0.4) is 0 Å². The molecule has 3 nitrogen and oxygen atoms in total. The molecule has 16 heavy (non-hydrogen) atoms. The summed E-state index contributed by atoms with van der Waals surface area (Å²) in [5.74, 6) is 0. The molecular formula is C13H28N2O. The van der Waals surface area contributed by atoms with Gasteiger partial charge in [0.05, 0.1) is 6.61 Å². The van der Waals surface area contributed by atoms with Gasteiger partial charge in [-0.15, -0.1) is 6.58 Å². The van der Waals surface area contributed by atoms with Crippen LogP contribution in [0.1, 0.15) is 34.1 Å². The fraction of sp³-hybridized carbons (Fsp3) is 0.846. The minimum atomic E-state index is 0.181. The molecule has 0 heterocycles. The summed E-state index contributed by atoms with van der Waals surface area (Å²) < 4.78 is 0. The van der Waals surface area contributed by atoms with Crippen molar-refractivity contribution in [3.63, 3.8) is 0 Å². The number of hydrogen-bond acceptors (Lipinski definition) is 3. The zero-order chi connectivity index (χ0) is 12.6. The highest BCUT2D eigenvalue weighted by Crippen LogP contribution is 2.05. The SMILES string of the molecule is C=CCN(CCO)C(C)CCNC(C)(C)C. The second-order valence-electron chi connectivity index (χ2n) is 5.32. The molecule has 3 heteroatoms. The van der Waals surface area contributed by atoms with Crippen LogP contribution in [-0.4, -0.2) is 47.8 Å². The summed E-state index contributed by atoms with van der Waals surface area (Å²) >= 11 is 0. The van der Waals surface area contributed by atoms with Crippen LogP contribution in [0.2, 0.25) is 0 Å². The van der Waals surface area contributed by atoms with E-state index in [0.717, 1.165) is 26.1 Å². The van der Waals surface area contributed by atoms with Crippen molar-refractivity contribution in [2.45, 2.75) is 45.7 Å². The summed E-state index contributed by atoms with van der Waals surface area (Å²) in [6.45, 7) is 15.3. The van der Waals surface area contributed by atoms with Crippen LogP contribution in [0.15, 0.2) is 12.7 Å². The highest BCUT2D eigenvalue weighted by molar-refractivity contribution is 4.79. The lowest BCUT2D eigenvalue weighted by Gasteiger charge is -2.29. The first-order valence-corrected chi connectivity index (χ1v) is 6.11. The molecule has 0 radical (unpaired) electrons. The Morgan fingerprint density at radius 1 is 1.44 bits per heavy atom. The van der Waals surface area contributed by atoms with E-state index >= 15 is 0 Å². The molecule has 0 aliphatic carbocycles. The molecule has 1 atom stereocenters. The largest absolute Gasteiger partial charge is 0.395 e. The van der Waals surface area contributed by atoms with Crippen molar-refractivity contribution in [3.8, 4) is 0 Å². The average Bonchev–Trinajstić information content (AvgIpc) is 2.15. The normalized spacial score (nSPS) is 14.1. The van der Waals surface area contributed by atoms with Gasteiger partial charge in [0.15, 0.2) is 0 Å². The van der Waals surface area contributed by atoms with E-state index in [1.807, 2.05) is 6.08 Å². The Bertz CT molecular complexity index is 187. The maximum absolute atomic E-state index is 8.98. The molecule has 2 N–H and O–H groups in total. The lowest BCUT2D eigenvalue weighted by atomic mass is 10.1. The monoisotopic (exact) mass is 228 g/mol. The Balaban J connectivity index is 3.90. The van der Waals surface area contributed by atoms with Gasteiger partial charge in [-0.2, -0.15) is 0 Å². The summed E-state index contributed by atoms with van der Waals surface area (Å²) in [6.07, 6.45) is 2.98. The average molecular weight is 228 g/mol. The number of nitrogens with zero attached hydrogens (tertiary/aromatic N) is 1. The van der Waals surface area contributed by atoms with Gasteiger partial charge in [-0.05, 0) is 40.7 Å². The third-order valence-electron chi connectivity index (χ3n) is 2.59. The molecule has 0 aromatic carbocycles. The van der Waals surface area contributed by atoms with E-state index in [1.54, 1.807) is 0 Å². The molecule has 0 aliphatic heterocycles. The Morgan fingerprint density at radius 2 is 2.06 bits per heavy atom. The summed E-state index contributed by atoms with van der Waals surface area (Å²) in [4.78, 5) is 2.25. The number of aliphatic hydroxyl groups is 1. The van der Waals surface area contributed by atoms with Crippen molar-refractivity contribution in [1.29, 1.82) is 0 Å². The van der Waals surface area contributed by atoms with Crippen molar-refractivity contribution in [2.75, 3.05) is 26.2 Å². The third kappa shape index (κ3) is 7.85. The van der Waals surface area contributed by atoms with Crippen molar-refractivity contribution >= 4 is 0 Å². The predicted octanol–water partition coefficient (Wildman–Crippen LogP) is 1.63. The van der Waals surface area contributed by atoms with E-state index in [4.69, 9.17) is 5.11 Å². The van der Waals surface area contributed by atoms with Crippen LogP contribution in [0.5, 0.6) is 0 Å². The molecule has 0 amide bonds. The van der Waals surface area contributed by atoms with Crippen LogP contribution >= 0.6 is 0 Å². The Hall–Kier alpha value is -0.380. The maximum Gasteiger partial charge on any atom is 0.0558 e. The zero-order valence-corrected chi connectivity index (χ0v) is 11.3. The predicted molar refractivity (Wildman–Crippen MR) is 70.7 cm³/mol. The Kier molecular flexibility index (Phi) is 7.64. The first-order valence-electron chi connectivity index (χ1n) is 6.11. The number of aliphatic hydroxyl groups excluding tert-OH is 1. The molecular weight excluding hydrogens is 200 g/mol. The van der Waals surface area contributed by atoms with Crippen molar-refractivity contribution < 1.29 is 5.11 Å². The zero-order valence-electron chi connectivity index (χ0n) is 11.3. The number of rotatable bonds is 8. The van der Waals surface area contributed by atoms with Gasteiger partial charge in [0.1, 0.15) is 0 Å². The summed E-state index contributed by atoms with van der Waals surface area (Å²) in [6, 6.07) is 0.472. The number of nitrogens with one attached hydrogen (secondary N) is 1. The molecule has 0 aromatic heterocycles. The molecule has 0 rings (SSSR count). The Morgan fingerprint density at radius 3 is 2.50 bits per heavy atom. The van der Waals surface area contributed by atoms with Gasteiger partial charge < -0.3 is 10.4 Å². The number of hydrogen-bond donors (Lipinski definition) is 2. The first-order chi connectivity index (χ1) is 7.40. The quantitative estimate of drug-likeness (QED) is 0.620. The van der Waals surface area contributed by atoms with Crippen LogP contribution in [0, 0.1) is 0 Å². The van der Waals surface area contributed by atoms with Crippen molar-refractivity contribution in [3.05, 3.63) is 12.7 Å². The van der Waals surface area contributed by atoms with Gasteiger partial charge in [0.25, 0.3) is 0 Å². The summed E-state index contributed by atoms with van der Waals surface area (Å²) in [5, 5.41) is 12.5. The van der Waals surface area contributed by atoms with Gasteiger partial charge in [0.2, 0.25) is 0 Å². The molecule has 0 spiro atoms. The van der Waals surface area contributed by atoms with E-state index in [0.29, 0.717) is 6.04 Å². The molecule has 96 valence electrons. The first kappa shape index (κ1) is 15.6. The van der Waals surface area contributed by atoms with Crippen LogP contribution < -0.4 is 5.32 Å². The van der Waals surface area contributed by atoms with Gasteiger partial charge in [-0.25, -0.2) is 0 Å². The lowest BCUT2D eigenvalue weighted by Crippen LogP contribution is -2.41. The van der Waals surface area contributed by atoms with E-state index in [2.05, 4.69) is 44.5 Å². The van der Waals surface area contributed by atoms with Gasteiger partial charge in [-0.3, -0.25) is 4.90 Å². The fourth-order valence-electron chi connectivity index (χ4n) is 1.62. The van der Waals surface area contributed by atoms with Gasteiger partial charge >= 0.3 is 0 Å². The Labute approximate surface area is 101 Å². The standard InChI is InChI=1S/C13H28N2O/c1-6-9-15(10-11-16)12(2)7-8-14-13(3,4)5/h6,12,14,16H,1,7-11H2,2-5H3. The molecule has 0 saturated heterocycles. The van der Waals surface area contributed by atoms with Crippen LogP contribution in [0.4, 0.5) is 0 Å². The van der Waals surface area contributed by atoms with Crippen molar-refractivity contribution in [1.82, 2.24) is 10.2 Å². The summed E-state index contributed by atoms with van der Waals surface area (Å²) in [7, 11) is 0. The summed E-state index contributed by atoms with van der Waals surface area (Å²) in [5.41, 5.74) is 0.181. The smallest absolute Gasteiger partial charge is 0.0558 e. The molecule has 1 unspecified atom stereocenters. The van der Waals surface area contributed by atoms with Crippen LogP contribution in [0.25, 0.3) is 0 Å². The van der Waals surface area contributed by atoms with Crippen LogP contribution in [-0.2, 0) is 0 Å². The van der Waals surface area contributed by atoms with Crippen molar-refractivity contribution in [2.24, 2.45) is 0 Å². The van der Waals surface area contributed by atoms with E-state index in [9.17, 15) is 0 Å². The maximum atomic E-state index is 8.98.